The molecule has 0 aliphatic carbocycles. The lowest BCUT2D eigenvalue weighted by molar-refractivity contribution is 0.0697. The number of benzene rings is 5. The number of carboxylic acids is 1. The van der Waals surface area contributed by atoms with Crippen LogP contribution in [0.5, 0.6) is 0 Å². The van der Waals surface area contributed by atoms with Crippen molar-refractivity contribution in [1.29, 1.82) is 0 Å². The first-order chi connectivity index (χ1) is 19.6. The fourth-order valence-electron chi connectivity index (χ4n) is 5.28. The molecular formula is C35H25BrN2O2. The summed E-state index contributed by atoms with van der Waals surface area (Å²) in [7, 11) is 0. The van der Waals surface area contributed by atoms with Gasteiger partial charge in [-0.15, -0.1) is 0 Å². The number of aromatic carboxylic acids is 1. The Labute approximate surface area is 241 Å². The van der Waals surface area contributed by atoms with Crippen molar-refractivity contribution in [2.45, 2.75) is 5.54 Å². The van der Waals surface area contributed by atoms with Gasteiger partial charge in [-0.25, -0.2) is 4.79 Å². The molecule has 6 rings (SSSR count). The molecule has 40 heavy (non-hydrogen) atoms. The van der Waals surface area contributed by atoms with Crippen LogP contribution in [0, 0.1) is 0 Å². The van der Waals surface area contributed by atoms with Crippen molar-refractivity contribution >= 4 is 21.9 Å². The van der Waals surface area contributed by atoms with Crippen LogP contribution >= 0.6 is 15.9 Å². The van der Waals surface area contributed by atoms with E-state index in [0.717, 1.165) is 43.5 Å². The second-order valence-electron chi connectivity index (χ2n) is 9.54. The molecule has 0 atom stereocenters. The van der Waals surface area contributed by atoms with Crippen LogP contribution in [0.15, 0.2) is 150 Å². The quantitative estimate of drug-likeness (QED) is 0.191. The van der Waals surface area contributed by atoms with Gasteiger partial charge in [0.2, 0.25) is 0 Å². The number of carboxylic acid groups (broad SMARTS) is 1. The second-order valence-corrected chi connectivity index (χ2v) is 10.4. The van der Waals surface area contributed by atoms with Crippen molar-refractivity contribution in [3.05, 3.63) is 172 Å². The van der Waals surface area contributed by atoms with Crippen molar-refractivity contribution in [2.24, 2.45) is 0 Å². The van der Waals surface area contributed by atoms with E-state index in [2.05, 4.69) is 99.6 Å². The van der Waals surface area contributed by atoms with E-state index >= 15 is 0 Å². The molecule has 0 saturated carbocycles. The van der Waals surface area contributed by atoms with Crippen LogP contribution in [-0.4, -0.2) is 20.9 Å². The van der Waals surface area contributed by atoms with Crippen LogP contribution in [-0.2, 0) is 5.54 Å². The molecule has 0 amide bonds. The molecule has 0 unspecified atom stereocenters. The molecule has 1 N–H and O–H groups in total. The molecule has 4 nitrogen and oxygen atoms in total. The summed E-state index contributed by atoms with van der Waals surface area (Å²) >= 11 is 3.81. The molecule has 5 heteroatoms. The van der Waals surface area contributed by atoms with Gasteiger partial charge >= 0.3 is 5.97 Å². The second kappa shape index (κ2) is 10.8. The minimum absolute atomic E-state index is 0.272. The number of hydrogen-bond donors (Lipinski definition) is 1. The average molecular weight is 586 g/mol. The molecule has 0 radical (unpaired) electrons. The summed E-state index contributed by atoms with van der Waals surface area (Å²) in [5.41, 5.74) is 6.66. The Morgan fingerprint density at radius 1 is 0.600 bits per heavy atom. The van der Waals surface area contributed by atoms with Crippen LogP contribution in [0.3, 0.4) is 0 Å². The first-order valence-corrected chi connectivity index (χ1v) is 13.7. The Hall–Kier alpha value is -4.74. The zero-order valence-corrected chi connectivity index (χ0v) is 23.1. The van der Waals surface area contributed by atoms with Crippen LogP contribution in [0.25, 0.3) is 22.4 Å². The topological polar surface area (TPSA) is 55.1 Å². The van der Waals surface area contributed by atoms with E-state index in [4.69, 9.17) is 5.10 Å². The number of halogens is 1. The highest BCUT2D eigenvalue weighted by Gasteiger charge is 2.39. The summed E-state index contributed by atoms with van der Waals surface area (Å²) in [6.45, 7) is 0. The Balaban J connectivity index is 1.48. The van der Waals surface area contributed by atoms with Crippen molar-refractivity contribution in [2.75, 3.05) is 0 Å². The minimum Gasteiger partial charge on any atom is -0.478 e. The molecule has 0 spiro atoms. The molecule has 5 aromatic carbocycles. The van der Waals surface area contributed by atoms with Gasteiger partial charge in [-0.1, -0.05) is 127 Å². The normalized spacial score (nSPS) is 11.3. The molecule has 6 aromatic rings. The third-order valence-corrected chi connectivity index (χ3v) is 7.79. The van der Waals surface area contributed by atoms with E-state index in [1.54, 1.807) is 12.1 Å². The van der Waals surface area contributed by atoms with Crippen molar-refractivity contribution < 1.29 is 9.90 Å². The molecule has 0 aliphatic heterocycles. The van der Waals surface area contributed by atoms with E-state index in [1.165, 1.54) is 0 Å². The van der Waals surface area contributed by atoms with Gasteiger partial charge in [-0.2, -0.15) is 5.10 Å². The number of rotatable bonds is 7. The predicted molar refractivity (Wildman–Crippen MR) is 162 cm³/mol. The van der Waals surface area contributed by atoms with Gasteiger partial charge < -0.3 is 5.11 Å². The molecule has 0 aliphatic rings. The fourth-order valence-corrected chi connectivity index (χ4v) is 5.78. The lowest BCUT2D eigenvalue weighted by Gasteiger charge is -2.36. The van der Waals surface area contributed by atoms with Gasteiger partial charge in [-0.05, 0) is 55.9 Å². The van der Waals surface area contributed by atoms with Gasteiger partial charge in [-0.3, -0.25) is 4.68 Å². The van der Waals surface area contributed by atoms with Crippen LogP contribution in [0.1, 0.15) is 27.0 Å². The lowest BCUT2D eigenvalue weighted by atomic mass is 9.77. The average Bonchev–Trinajstić information content (AvgIpc) is 3.41. The van der Waals surface area contributed by atoms with Crippen molar-refractivity contribution in [3.63, 3.8) is 0 Å². The van der Waals surface area contributed by atoms with Gasteiger partial charge in [0.15, 0.2) is 0 Å². The van der Waals surface area contributed by atoms with Crippen molar-refractivity contribution in [1.82, 2.24) is 9.78 Å². The van der Waals surface area contributed by atoms with Crippen LogP contribution < -0.4 is 0 Å². The molecule has 194 valence electrons. The zero-order chi connectivity index (χ0) is 27.5. The van der Waals surface area contributed by atoms with E-state index in [-0.39, 0.29) is 5.56 Å². The highest BCUT2D eigenvalue weighted by atomic mass is 79.9. The predicted octanol–water partition coefficient (Wildman–Crippen LogP) is 8.52. The summed E-state index contributed by atoms with van der Waals surface area (Å²) in [6.07, 6.45) is 2.06. The summed E-state index contributed by atoms with van der Waals surface area (Å²) in [5.74, 6) is -0.931. The number of hydrogen-bond acceptors (Lipinski definition) is 2. The van der Waals surface area contributed by atoms with Gasteiger partial charge in [0.25, 0.3) is 0 Å². The number of carbonyl (C=O) groups is 1. The maximum absolute atomic E-state index is 11.2. The Bertz CT molecular complexity index is 1650. The Kier molecular flexibility index (Phi) is 6.89. The van der Waals surface area contributed by atoms with Crippen LogP contribution in [0.2, 0.25) is 0 Å². The standard InChI is InChI=1S/C35H25BrN2O2/c36-32-24-38(37-33(32)27-20-16-25(17-21-27)26-18-22-28(23-19-26)34(39)40)35(29-10-4-1-5-11-29,30-12-6-2-7-13-30)31-14-8-3-9-15-31/h1-24H,(H,39,40). The summed E-state index contributed by atoms with van der Waals surface area (Å²) in [4.78, 5) is 11.2. The largest absolute Gasteiger partial charge is 0.478 e. The molecule has 0 bridgehead atoms. The van der Waals surface area contributed by atoms with E-state index in [0.29, 0.717) is 0 Å². The van der Waals surface area contributed by atoms with E-state index < -0.39 is 11.5 Å². The molecule has 0 fully saturated rings. The fraction of sp³-hybridized carbons (Fsp3) is 0.0286. The molecular weight excluding hydrogens is 560 g/mol. The smallest absolute Gasteiger partial charge is 0.335 e. The van der Waals surface area contributed by atoms with Crippen molar-refractivity contribution in [3.8, 4) is 22.4 Å². The summed E-state index contributed by atoms with van der Waals surface area (Å²) < 4.78 is 2.95. The van der Waals surface area contributed by atoms with Gasteiger partial charge in [0.1, 0.15) is 11.2 Å². The van der Waals surface area contributed by atoms with Crippen LogP contribution in [0.4, 0.5) is 0 Å². The maximum atomic E-state index is 11.2. The molecule has 1 heterocycles. The highest BCUT2D eigenvalue weighted by molar-refractivity contribution is 9.10. The minimum atomic E-state index is -0.931. The van der Waals surface area contributed by atoms with Gasteiger partial charge in [0, 0.05) is 11.8 Å². The van der Waals surface area contributed by atoms with Gasteiger partial charge in [0.05, 0.1) is 10.0 Å². The third kappa shape index (κ3) is 4.55. The lowest BCUT2D eigenvalue weighted by Crippen LogP contribution is -2.38. The SMILES string of the molecule is O=C(O)c1ccc(-c2ccc(-c3nn(C(c4ccccc4)(c4ccccc4)c4ccccc4)cc3Br)cc2)cc1. The Morgan fingerprint density at radius 3 is 1.43 bits per heavy atom. The third-order valence-electron chi connectivity index (χ3n) is 7.21. The van der Waals surface area contributed by atoms with E-state index in [9.17, 15) is 9.90 Å². The molecule has 1 aromatic heterocycles. The Morgan fingerprint density at radius 2 is 1.00 bits per heavy atom. The monoisotopic (exact) mass is 584 g/mol. The first-order valence-electron chi connectivity index (χ1n) is 12.9. The molecule has 0 saturated heterocycles. The summed E-state index contributed by atoms with van der Waals surface area (Å²) in [6, 6.07) is 46.5. The number of nitrogens with zero attached hydrogens (tertiary/aromatic N) is 2. The number of aromatic nitrogens is 2. The first kappa shape index (κ1) is 25.5. The maximum Gasteiger partial charge on any atom is 0.335 e. The zero-order valence-electron chi connectivity index (χ0n) is 21.5. The summed E-state index contributed by atoms with van der Waals surface area (Å²) in [5, 5.41) is 14.4. The highest BCUT2D eigenvalue weighted by Crippen LogP contribution is 2.42. The van der Waals surface area contributed by atoms with E-state index in [1.807, 2.05) is 54.6 Å².